The minimum Gasteiger partial charge on any atom is -0.390 e. The van der Waals surface area contributed by atoms with E-state index in [2.05, 4.69) is 35.8 Å². The van der Waals surface area contributed by atoms with Crippen molar-refractivity contribution in [3.63, 3.8) is 0 Å². The number of nitrogens with one attached hydrogen (secondary N) is 2. The zero-order valence-corrected chi connectivity index (χ0v) is 23.0. The van der Waals surface area contributed by atoms with E-state index in [1.807, 2.05) is 6.92 Å². The van der Waals surface area contributed by atoms with Crippen LogP contribution in [0.1, 0.15) is 52.0 Å². The summed E-state index contributed by atoms with van der Waals surface area (Å²) in [6.45, 7) is -0.935. The Bertz CT molecular complexity index is 1660. The van der Waals surface area contributed by atoms with Gasteiger partial charge in [0.05, 0.1) is 34.5 Å². The number of halogens is 2. The molecule has 4 aromatic rings. The first-order chi connectivity index (χ1) is 19.6. The lowest BCUT2D eigenvalue weighted by atomic mass is 9.83. The number of alkyl halides is 2. The molecule has 2 aliphatic rings. The summed E-state index contributed by atoms with van der Waals surface area (Å²) in [6.07, 6.45) is 11.1. The molecule has 4 heterocycles. The number of pyridine rings is 1. The molecule has 0 atom stereocenters. The number of hydrogen-bond donors (Lipinski definition) is 3. The van der Waals surface area contributed by atoms with Crippen LogP contribution in [0.2, 0.25) is 0 Å². The quantitative estimate of drug-likeness (QED) is 0.261. The van der Waals surface area contributed by atoms with Gasteiger partial charge in [0.25, 0.3) is 10.0 Å². The standard InChI is InChI=1S/C26H29F2N9O3S/c1-26(38)8-4-17(5-9-26)32-21-12-23(30-14-19(21)20-7-11-36(35-20)25(27)28)33-22-6-10-29-24(34-22)16-13-31-37(15-16)41(39,40)18-2-3-18/h6-7,10-15,17-18,25,38H,2-5,8-9H2,1H3,(H2,29,30,32,33,34). The number of aromatic nitrogens is 7. The maximum absolute atomic E-state index is 13.2. The largest absolute Gasteiger partial charge is 0.390 e. The number of rotatable bonds is 9. The third kappa shape index (κ3) is 5.91. The van der Waals surface area contributed by atoms with Crippen LogP contribution in [0, 0.1) is 0 Å². The van der Waals surface area contributed by atoms with Crippen LogP contribution in [0.5, 0.6) is 0 Å². The molecule has 2 saturated carbocycles. The molecule has 0 radical (unpaired) electrons. The van der Waals surface area contributed by atoms with Gasteiger partial charge in [-0.1, -0.05) is 0 Å². The Morgan fingerprint density at radius 3 is 2.59 bits per heavy atom. The van der Waals surface area contributed by atoms with Crippen LogP contribution in [0.3, 0.4) is 0 Å². The monoisotopic (exact) mass is 585 g/mol. The van der Waals surface area contributed by atoms with Crippen molar-refractivity contribution < 1.29 is 22.3 Å². The molecule has 6 rings (SSSR count). The maximum atomic E-state index is 13.2. The lowest BCUT2D eigenvalue weighted by molar-refractivity contribution is 0.0196. The molecule has 15 heteroatoms. The fraction of sp³-hybridized carbons (Fsp3) is 0.423. The van der Waals surface area contributed by atoms with E-state index in [1.165, 1.54) is 30.9 Å². The summed E-state index contributed by atoms with van der Waals surface area (Å²) in [6, 6.07) is 4.97. The van der Waals surface area contributed by atoms with Crippen LogP contribution in [0.15, 0.2) is 49.2 Å². The van der Waals surface area contributed by atoms with E-state index in [9.17, 15) is 22.3 Å². The summed E-state index contributed by atoms with van der Waals surface area (Å²) < 4.78 is 52.9. The van der Waals surface area contributed by atoms with Crippen LogP contribution >= 0.6 is 0 Å². The van der Waals surface area contributed by atoms with Crippen molar-refractivity contribution >= 4 is 27.3 Å². The molecular formula is C26H29F2N9O3S. The van der Waals surface area contributed by atoms with Crippen molar-refractivity contribution in [2.24, 2.45) is 0 Å². The zero-order valence-electron chi connectivity index (χ0n) is 22.2. The molecule has 2 fully saturated rings. The number of aliphatic hydroxyl groups is 1. The highest BCUT2D eigenvalue weighted by Gasteiger charge is 2.37. The molecule has 4 aromatic heterocycles. The van der Waals surface area contributed by atoms with Crippen LogP contribution < -0.4 is 10.6 Å². The number of hydrogen-bond acceptors (Lipinski definition) is 10. The van der Waals surface area contributed by atoms with Gasteiger partial charge in [0, 0.05) is 41.9 Å². The average Bonchev–Trinajstić information content (AvgIpc) is 3.48. The van der Waals surface area contributed by atoms with E-state index < -0.39 is 27.4 Å². The second-order valence-electron chi connectivity index (χ2n) is 10.7. The average molecular weight is 586 g/mol. The molecule has 12 nitrogen and oxygen atoms in total. The first kappa shape index (κ1) is 27.2. The Kier molecular flexibility index (Phi) is 6.93. The SMILES string of the molecule is CC1(O)CCC(Nc2cc(Nc3ccnc(-c4cnn(S(=O)(=O)C5CC5)c4)n3)ncc2-c2ccn(C(F)F)n2)CC1. The van der Waals surface area contributed by atoms with Crippen molar-refractivity contribution in [2.75, 3.05) is 10.6 Å². The second kappa shape index (κ2) is 10.4. The summed E-state index contributed by atoms with van der Waals surface area (Å²) in [5.41, 5.74) is 1.29. The molecular weight excluding hydrogens is 556 g/mol. The van der Waals surface area contributed by atoms with Crippen molar-refractivity contribution in [1.82, 2.24) is 33.9 Å². The minimum absolute atomic E-state index is 0.0653. The third-order valence-electron chi connectivity index (χ3n) is 7.35. The van der Waals surface area contributed by atoms with Crippen LogP contribution in [-0.2, 0) is 10.0 Å². The summed E-state index contributed by atoms with van der Waals surface area (Å²) in [7, 11) is -3.51. The van der Waals surface area contributed by atoms with Crippen LogP contribution in [0.4, 0.5) is 26.1 Å². The van der Waals surface area contributed by atoms with Crippen LogP contribution in [0.25, 0.3) is 22.6 Å². The Labute approximate surface area is 234 Å². The van der Waals surface area contributed by atoms with Crippen molar-refractivity contribution in [3.8, 4) is 22.6 Å². The third-order valence-corrected chi connectivity index (χ3v) is 9.38. The van der Waals surface area contributed by atoms with Gasteiger partial charge in [-0.25, -0.2) is 28.1 Å². The van der Waals surface area contributed by atoms with Crippen LogP contribution in [-0.4, -0.2) is 64.3 Å². The van der Waals surface area contributed by atoms with Gasteiger partial charge < -0.3 is 15.7 Å². The first-order valence-corrected chi connectivity index (χ1v) is 14.8. The van der Waals surface area contributed by atoms with E-state index in [1.54, 1.807) is 18.3 Å². The van der Waals surface area contributed by atoms with E-state index >= 15 is 0 Å². The topological polar surface area (TPSA) is 153 Å². The van der Waals surface area contributed by atoms with Crippen molar-refractivity contribution in [1.29, 1.82) is 0 Å². The molecule has 0 amide bonds. The Balaban J connectivity index is 1.26. The van der Waals surface area contributed by atoms with E-state index in [-0.39, 0.29) is 11.9 Å². The molecule has 0 aromatic carbocycles. The molecule has 0 saturated heterocycles. The molecule has 216 valence electrons. The van der Waals surface area contributed by atoms with E-state index in [4.69, 9.17) is 0 Å². The predicted molar refractivity (Wildman–Crippen MR) is 147 cm³/mol. The summed E-state index contributed by atoms with van der Waals surface area (Å²) in [5.74, 6) is 1.13. The number of anilines is 3. The smallest absolute Gasteiger partial charge is 0.333 e. The summed E-state index contributed by atoms with van der Waals surface area (Å²) in [4.78, 5) is 13.2. The predicted octanol–water partition coefficient (Wildman–Crippen LogP) is 4.18. The van der Waals surface area contributed by atoms with Gasteiger partial charge >= 0.3 is 6.55 Å². The summed E-state index contributed by atoms with van der Waals surface area (Å²) in [5, 5.41) is 24.6. The molecule has 2 aliphatic carbocycles. The fourth-order valence-corrected chi connectivity index (χ4v) is 6.29. The van der Waals surface area contributed by atoms with Gasteiger partial charge in [-0.05, 0) is 57.6 Å². The maximum Gasteiger partial charge on any atom is 0.333 e. The Morgan fingerprint density at radius 1 is 1.10 bits per heavy atom. The molecule has 0 aliphatic heterocycles. The highest BCUT2D eigenvalue weighted by atomic mass is 32.2. The normalized spacial score (nSPS) is 21.2. The van der Waals surface area contributed by atoms with Gasteiger partial charge in [0.1, 0.15) is 11.6 Å². The highest BCUT2D eigenvalue weighted by molar-refractivity contribution is 7.90. The molecule has 41 heavy (non-hydrogen) atoms. The van der Waals surface area contributed by atoms with Gasteiger partial charge in [-0.15, -0.1) is 0 Å². The molecule has 0 spiro atoms. The van der Waals surface area contributed by atoms with E-state index in [0.29, 0.717) is 64.5 Å². The second-order valence-corrected chi connectivity index (χ2v) is 12.8. The first-order valence-electron chi connectivity index (χ1n) is 13.3. The van der Waals surface area contributed by atoms with E-state index in [0.717, 1.165) is 16.9 Å². The zero-order chi connectivity index (χ0) is 28.8. The van der Waals surface area contributed by atoms with Crippen molar-refractivity contribution in [2.45, 2.75) is 68.9 Å². The summed E-state index contributed by atoms with van der Waals surface area (Å²) >= 11 is 0. The Hall–Kier alpha value is -3.98. The van der Waals surface area contributed by atoms with Gasteiger partial charge in [0.2, 0.25) is 0 Å². The number of nitrogens with zero attached hydrogens (tertiary/aromatic N) is 7. The van der Waals surface area contributed by atoms with Gasteiger partial charge in [-0.2, -0.15) is 23.1 Å². The van der Waals surface area contributed by atoms with Gasteiger partial charge in [0.15, 0.2) is 5.82 Å². The van der Waals surface area contributed by atoms with Crippen molar-refractivity contribution in [3.05, 3.63) is 49.2 Å². The molecule has 0 bridgehead atoms. The highest BCUT2D eigenvalue weighted by Crippen LogP contribution is 2.35. The lowest BCUT2D eigenvalue weighted by Gasteiger charge is -2.34. The minimum atomic E-state index is -3.51. The molecule has 3 N–H and O–H groups in total. The fourth-order valence-electron chi connectivity index (χ4n) is 4.82. The molecule has 0 unspecified atom stereocenters. The van der Waals surface area contributed by atoms with Gasteiger partial charge in [-0.3, -0.25) is 0 Å². The Morgan fingerprint density at radius 2 is 1.88 bits per heavy atom. The lowest BCUT2D eigenvalue weighted by Crippen LogP contribution is -2.35.